The van der Waals surface area contributed by atoms with E-state index in [0.29, 0.717) is 0 Å². The van der Waals surface area contributed by atoms with E-state index in [1.165, 1.54) is 37.6 Å². The van der Waals surface area contributed by atoms with Gasteiger partial charge in [0.1, 0.15) is 26.9 Å². The van der Waals surface area contributed by atoms with Crippen LogP contribution in [0.2, 0.25) is 0 Å². The Bertz CT molecular complexity index is 1450. The van der Waals surface area contributed by atoms with Crippen LogP contribution in [0.3, 0.4) is 0 Å². The average molecular weight is 469 g/mol. The molecule has 5 rings (SSSR count). The molecule has 0 radical (unpaired) electrons. The largest absolute Gasteiger partial charge is 0.744 e. The number of fused-ring (bicyclic) bond motifs is 2. The lowest BCUT2D eigenvalue weighted by Crippen LogP contribution is -2.28. The van der Waals surface area contributed by atoms with Gasteiger partial charge in [-0.2, -0.15) is 4.57 Å². The standard InChI is InChI=1S/C16H13N2S2.C7H8O3S/c1-10-18(2)13-8-7-11(9-15(13)19-10)16-17-12-5-3-4-6-14(12)20-16;1-6-2-4-7(5-3-6)11(8,9)10/h3-9H,1-2H3;2-5H,1H3,(H,8,9,10)/q+1;/p-1. The van der Waals surface area contributed by atoms with E-state index in [2.05, 4.69) is 54.9 Å². The number of hydrogen-bond acceptors (Lipinski definition) is 6. The summed E-state index contributed by atoms with van der Waals surface area (Å²) in [5.41, 5.74) is 4.51. The van der Waals surface area contributed by atoms with Crippen molar-refractivity contribution in [2.75, 3.05) is 0 Å². The zero-order valence-electron chi connectivity index (χ0n) is 17.2. The molecular formula is C23H20N2O3S3. The molecule has 2 aromatic heterocycles. The van der Waals surface area contributed by atoms with Crippen LogP contribution in [0.5, 0.6) is 0 Å². The number of hydrogen-bond donors (Lipinski definition) is 0. The average Bonchev–Trinajstić information content (AvgIpc) is 3.29. The van der Waals surface area contributed by atoms with Crippen LogP contribution >= 0.6 is 22.7 Å². The summed E-state index contributed by atoms with van der Waals surface area (Å²) in [6.07, 6.45) is 0. The van der Waals surface area contributed by atoms with E-state index in [9.17, 15) is 13.0 Å². The summed E-state index contributed by atoms with van der Waals surface area (Å²) < 4.78 is 36.0. The molecule has 0 saturated heterocycles. The first kappa shape index (κ1) is 21.6. The number of para-hydroxylation sites is 1. The van der Waals surface area contributed by atoms with Gasteiger partial charge in [0.15, 0.2) is 0 Å². The van der Waals surface area contributed by atoms with Gasteiger partial charge in [-0.15, -0.1) is 11.3 Å². The van der Waals surface area contributed by atoms with Crippen LogP contribution in [0.15, 0.2) is 71.6 Å². The molecular weight excluding hydrogens is 448 g/mol. The van der Waals surface area contributed by atoms with Crippen LogP contribution in [-0.2, 0) is 17.2 Å². The van der Waals surface area contributed by atoms with Crippen molar-refractivity contribution in [2.24, 2.45) is 7.05 Å². The first-order chi connectivity index (χ1) is 14.7. The number of benzene rings is 3. The van der Waals surface area contributed by atoms with Gasteiger partial charge in [-0.1, -0.05) is 41.2 Å². The Morgan fingerprint density at radius 1 is 0.903 bits per heavy atom. The summed E-state index contributed by atoms with van der Waals surface area (Å²) in [5.74, 6) is 0. The number of aryl methyl sites for hydroxylation is 3. The highest BCUT2D eigenvalue weighted by Gasteiger charge is 2.14. The molecule has 0 spiro atoms. The van der Waals surface area contributed by atoms with E-state index in [-0.39, 0.29) is 4.90 Å². The predicted molar refractivity (Wildman–Crippen MR) is 125 cm³/mol. The van der Waals surface area contributed by atoms with Crippen molar-refractivity contribution in [3.05, 3.63) is 77.3 Å². The lowest BCUT2D eigenvalue weighted by Gasteiger charge is -2.05. The van der Waals surface area contributed by atoms with Crippen LogP contribution in [0, 0.1) is 13.8 Å². The zero-order valence-corrected chi connectivity index (χ0v) is 19.6. The van der Waals surface area contributed by atoms with Crippen molar-refractivity contribution in [3.63, 3.8) is 0 Å². The van der Waals surface area contributed by atoms with Gasteiger partial charge in [0.05, 0.1) is 15.1 Å². The molecule has 0 N–H and O–H groups in total. The Hall–Kier alpha value is -2.65. The third-order valence-electron chi connectivity index (χ3n) is 4.90. The maximum Gasteiger partial charge on any atom is 0.234 e. The van der Waals surface area contributed by atoms with Gasteiger partial charge in [0, 0.05) is 18.6 Å². The number of nitrogens with zero attached hydrogens (tertiary/aromatic N) is 2. The van der Waals surface area contributed by atoms with Crippen molar-refractivity contribution in [2.45, 2.75) is 18.7 Å². The number of thiazole rings is 2. The molecule has 5 aromatic rings. The Balaban J connectivity index is 0.000000180. The molecule has 8 heteroatoms. The Kier molecular flexibility index (Phi) is 5.90. The van der Waals surface area contributed by atoms with Gasteiger partial charge in [-0.3, -0.25) is 0 Å². The van der Waals surface area contributed by atoms with E-state index in [1.807, 2.05) is 24.3 Å². The molecule has 158 valence electrons. The summed E-state index contributed by atoms with van der Waals surface area (Å²) in [4.78, 5) is 4.56. The first-order valence-electron chi connectivity index (χ1n) is 9.50. The second-order valence-corrected chi connectivity index (χ2v) is 10.8. The summed E-state index contributed by atoms with van der Waals surface area (Å²) in [6, 6.07) is 20.7. The number of aromatic nitrogens is 2. The highest BCUT2D eigenvalue weighted by Crippen LogP contribution is 2.32. The maximum absolute atomic E-state index is 10.4. The molecule has 0 aliphatic carbocycles. The fourth-order valence-electron chi connectivity index (χ4n) is 3.10. The minimum atomic E-state index is -4.27. The van der Waals surface area contributed by atoms with Crippen LogP contribution < -0.4 is 4.57 Å². The molecule has 0 atom stereocenters. The van der Waals surface area contributed by atoms with Crippen LogP contribution in [0.4, 0.5) is 0 Å². The molecule has 5 nitrogen and oxygen atoms in total. The van der Waals surface area contributed by atoms with Gasteiger partial charge in [-0.25, -0.2) is 13.4 Å². The molecule has 0 aliphatic rings. The van der Waals surface area contributed by atoms with Crippen molar-refractivity contribution in [1.82, 2.24) is 4.98 Å². The molecule has 0 amide bonds. The topological polar surface area (TPSA) is 74.0 Å². The van der Waals surface area contributed by atoms with Crippen molar-refractivity contribution in [1.29, 1.82) is 0 Å². The zero-order chi connectivity index (χ0) is 22.2. The molecule has 0 fully saturated rings. The molecule has 3 aromatic carbocycles. The van der Waals surface area contributed by atoms with E-state index < -0.39 is 10.1 Å². The smallest absolute Gasteiger partial charge is 0.234 e. The SMILES string of the molecule is Cc1ccc(S(=O)(=O)[O-])cc1.Cc1sc2cc(-c3nc4ccccc4s3)ccc2[n+]1C. The van der Waals surface area contributed by atoms with E-state index in [0.717, 1.165) is 16.1 Å². The van der Waals surface area contributed by atoms with Gasteiger partial charge in [-0.05, 0) is 43.3 Å². The van der Waals surface area contributed by atoms with E-state index in [1.54, 1.807) is 23.5 Å². The summed E-state index contributed by atoms with van der Waals surface area (Å²) >= 11 is 3.59. The van der Waals surface area contributed by atoms with Gasteiger partial charge < -0.3 is 4.55 Å². The summed E-state index contributed by atoms with van der Waals surface area (Å²) in [5, 5.41) is 2.42. The summed E-state index contributed by atoms with van der Waals surface area (Å²) in [7, 11) is -2.15. The highest BCUT2D eigenvalue weighted by atomic mass is 32.2. The minimum absolute atomic E-state index is 0.178. The fourth-order valence-corrected chi connectivity index (χ4v) is 5.58. The third-order valence-corrected chi connectivity index (χ3v) is 7.95. The normalized spacial score (nSPS) is 11.5. The first-order valence-corrected chi connectivity index (χ1v) is 12.5. The van der Waals surface area contributed by atoms with Gasteiger partial charge >= 0.3 is 0 Å². The lowest BCUT2D eigenvalue weighted by molar-refractivity contribution is -0.646. The second-order valence-electron chi connectivity index (χ2n) is 7.12. The molecule has 31 heavy (non-hydrogen) atoms. The molecule has 0 aliphatic heterocycles. The van der Waals surface area contributed by atoms with Crippen molar-refractivity contribution >= 4 is 53.2 Å². The Morgan fingerprint density at radius 2 is 1.61 bits per heavy atom. The molecule has 0 saturated carbocycles. The van der Waals surface area contributed by atoms with Gasteiger partial charge in [0.2, 0.25) is 10.5 Å². The molecule has 0 unspecified atom stereocenters. The molecule has 0 bridgehead atoms. The Labute approximate surface area is 189 Å². The van der Waals surface area contributed by atoms with Crippen molar-refractivity contribution in [3.8, 4) is 10.6 Å². The third kappa shape index (κ3) is 4.67. The van der Waals surface area contributed by atoms with Crippen molar-refractivity contribution < 1.29 is 17.5 Å². The van der Waals surface area contributed by atoms with Crippen LogP contribution in [0.1, 0.15) is 10.6 Å². The molecule has 2 heterocycles. The van der Waals surface area contributed by atoms with Crippen LogP contribution in [-0.4, -0.2) is 18.0 Å². The highest BCUT2D eigenvalue weighted by molar-refractivity contribution is 7.85. The van der Waals surface area contributed by atoms with Gasteiger partial charge in [0.25, 0.3) is 0 Å². The van der Waals surface area contributed by atoms with Crippen LogP contribution in [0.25, 0.3) is 31.0 Å². The quantitative estimate of drug-likeness (QED) is 0.263. The predicted octanol–water partition coefficient (Wildman–Crippen LogP) is 5.21. The van der Waals surface area contributed by atoms with E-state index in [4.69, 9.17) is 4.98 Å². The monoisotopic (exact) mass is 468 g/mol. The lowest BCUT2D eigenvalue weighted by atomic mass is 10.2. The second kappa shape index (κ2) is 8.47. The minimum Gasteiger partial charge on any atom is -0.744 e. The Morgan fingerprint density at radius 3 is 2.29 bits per heavy atom. The fraction of sp³-hybridized carbons (Fsp3) is 0.130. The summed E-state index contributed by atoms with van der Waals surface area (Å²) in [6.45, 7) is 3.98. The van der Waals surface area contributed by atoms with E-state index >= 15 is 0 Å². The number of rotatable bonds is 2. The maximum atomic E-state index is 10.4.